The minimum Gasteiger partial charge on any atom is -0.322 e. The van der Waals surface area contributed by atoms with Crippen molar-refractivity contribution in [2.75, 3.05) is 5.32 Å². The third kappa shape index (κ3) is 4.91. The Morgan fingerprint density at radius 3 is 2.51 bits per heavy atom. The molecule has 9 nitrogen and oxygen atoms in total. The van der Waals surface area contributed by atoms with E-state index >= 15 is 0 Å². The SMILES string of the molecule is Cc1ccc2nc(-c3cncc(C(F)(F)F)c3)c(C(=O)N[C@H]3N=C(c4ccccc4)c4ccccc4NC3=O)n2n1. The van der Waals surface area contributed by atoms with Gasteiger partial charge in [-0.1, -0.05) is 48.5 Å². The molecule has 2 amide bonds. The monoisotopic (exact) mass is 555 g/mol. The predicted octanol–water partition coefficient (Wildman–Crippen LogP) is 4.66. The molecule has 1 atom stereocenters. The number of amides is 2. The number of carbonyl (C=O) groups is 2. The number of rotatable bonds is 4. The largest absolute Gasteiger partial charge is 0.417 e. The first-order chi connectivity index (χ1) is 19.7. The normalized spacial score (nSPS) is 15.1. The summed E-state index contributed by atoms with van der Waals surface area (Å²) in [7, 11) is 0. The van der Waals surface area contributed by atoms with E-state index in [1.165, 1.54) is 10.7 Å². The topological polar surface area (TPSA) is 114 Å². The van der Waals surface area contributed by atoms with Gasteiger partial charge in [0, 0.05) is 29.1 Å². The van der Waals surface area contributed by atoms with E-state index in [0.29, 0.717) is 28.9 Å². The van der Waals surface area contributed by atoms with Gasteiger partial charge in [-0.2, -0.15) is 18.3 Å². The summed E-state index contributed by atoms with van der Waals surface area (Å²) in [5.41, 5.74) is 1.83. The number of carbonyl (C=O) groups excluding carboxylic acids is 2. The maximum Gasteiger partial charge on any atom is 0.417 e. The minimum atomic E-state index is -4.66. The highest BCUT2D eigenvalue weighted by atomic mass is 19.4. The number of aryl methyl sites for hydroxylation is 1. The van der Waals surface area contributed by atoms with Crippen molar-refractivity contribution in [3.8, 4) is 11.3 Å². The second kappa shape index (κ2) is 9.97. The maximum absolute atomic E-state index is 13.8. The van der Waals surface area contributed by atoms with Crippen molar-refractivity contribution in [3.63, 3.8) is 0 Å². The zero-order chi connectivity index (χ0) is 28.7. The van der Waals surface area contributed by atoms with Gasteiger partial charge in [0.25, 0.3) is 11.8 Å². The standard InChI is InChI=1S/C29H20F3N7O2/c1-16-11-12-22-35-24(18-13-19(15-33-14-18)29(30,31)32)25(39(22)38-16)27(40)37-26-28(41)34-21-10-6-5-9-20(21)23(36-26)17-7-3-2-4-8-17/h2-15,26H,1H3,(H,34,41)(H,37,40)/t26-/m1/s1. The highest BCUT2D eigenvalue weighted by Crippen LogP contribution is 2.32. The van der Waals surface area contributed by atoms with Crippen LogP contribution in [0.1, 0.15) is 32.9 Å². The Bertz CT molecular complexity index is 1850. The second-order valence-electron chi connectivity index (χ2n) is 9.27. The first-order valence-corrected chi connectivity index (χ1v) is 12.4. The van der Waals surface area contributed by atoms with Gasteiger partial charge in [0.15, 0.2) is 11.3 Å². The number of imidazole rings is 1. The van der Waals surface area contributed by atoms with Gasteiger partial charge in [0.2, 0.25) is 6.17 Å². The van der Waals surface area contributed by atoms with Crippen LogP contribution in [0, 0.1) is 6.92 Å². The number of fused-ring (bicyclic) bond motifs is 2. The van der Waals surface area contributed by atoms with Crippen LogP contribution >= 0.6 is 0 Å². The quantitative estimate of drug-likeness (QED) is 0.335. The van der Waals surface area contributed by atoms with Gasteiger partial charge in [0.1, 0.15) is 5.69 Å². The van der Waals surface area contributed by atoms with Crippen LogP contribution in [-0.4, -0.2) is 43.3 Å². The van der Waals surface area contributed by atoms with Gasteiger partial charge >= 0.3 is 6.18 Å². The lowest BCUT2D eigenvalue weighted by Crippen LogP contribution is -2.43. The fraction of sp³-hybridized carbons (Fsp3) is 0.103. The number of halogens is 3. The van der Waals surface area contributed by atoms with E-state index in [-0.39, 0.29) is 22.6 Å². The summed E-state index contributed by atoms with van der Waals surface area (Å²) >= 11 is 0. The minimum absolute atomic E-state index is 0.0423. The molecule has 0 aliphatic carbocycles. The van der Waals surface area contributed by atoms with E-state index in [9.17, 15) is 22.8 Å². The fourth-order valence-electron chi connectivity index (χ4n) is 4.53. The summed E-state index contributed by atoms with van der Waals surface area (Å²) in [6.07, 6.45) is -4.17. The molecule has 1 aliphatic rings. The summed E-state index contributed by atoms with van der Waals surface area (Å²) in [6, 6.07) is 20.4. The lowest BCUT2D eigenvalue weighted by Gasteiger charge is -2.14. The Balaban J connectivity index is 1.46. The number of para-hydroxylation sites is 1. The Morgan fingerprint density at radius 2 is 1.73 bits per heavy atom. The summed E-state index contributed by atoms with van der Waals surface area (Å²) in [4.78, 5) is 39.9. The molecule has 12 heteroatoms. The Labute approximate surface area is 230 Å². The van der Waals surface area contributed by atoms with Gasteiger partial charge in [-0.15, -0.1) is 0 Å². The first kappa shape index (κ1) is 25.9. The third-order valence-corrected chi connectivity index (χ3v) is 6.43. The van der Waals surface area contributed by atoms with Crippen molar-refractivity contribution in [1.82, 2.24) is 24.9 Å². The first-order valence-electron chi connectivity index (χ1n) is 12.4. The van der Waals surface area contributed by atoms with Crippen LogP contribution in [0.25, 0.3) is 16.9 Å². The van der Waals surface area contributed by atoms with Gasteiger partial charge in [0.05, 0.1) is 22.7 Å². The van der Waals surface area contributed by atoms with Gasteiger partial charge in [-0.05, 0) is 31.2 Å². The zero-order valence-electron chi connectivity index (χ0n) is 21.3. The Hall–Kier alpha value is -5.39. The molecule has 4 heterocycles. The number of hydrogen-bond acceptors (Lipinski definition) is 6. The predicted molar refractivity (Wildman–Crippen MR) is 144 cm³/mol. The van der Waals surface area contributed by atoms with E-state index in [1.807, 2.05) is 42.5 Å². The summed E-state index contributed by atoms with van der Waals surface area (Å²) in [6.45, 7) is 1.69. The van der Waals surface area contributed by atoms with Crippen molar-refractivity contribution in [2.24, 2.45) is 4.99 Å². The van der Waals surface area contributed by atoms with E-state index in [2.05, 4.69) is 30.7 Å². The fourth-order valence-corrected chi connectivity index (χ4v) is 4.53. The molecule has 204 valence electrons. The number of nitrogens with zero attached hydrogens (tertiary/aromatic N) is 5. The number of benzene rings is 2. The highest BCUT2D eigenvalue weighted by Gasteiger charge is 2.33. The maximum atomic E-state index is 13.8. The Kier molecular flexibility index (Phi) is 6.29. The van der Waals surface area contributed by atoms with E-state index < -0.39 is 29.7 Å². The molecule has 6 rings (SSSR count). The molecule has 0 unspecified atom stereocenters. The van der Waals surface area contributed by atoms with Crippen molar-refractivity contribution in [2.45, 2.75) is 19.3 Å². The number of aromatic nitrogens is 4. The summed E-state index contributed by atoms with van der Waals surface area (Å²) < 4.78 is 41.6. The molecule has 2 N–H and O–H groups in total. The Morgan fingerprint density at radius 1 is 0.976 bits per heavy atom. The molecule has 0 bridgehead atoms. The molecule has 0 spiro atoms. The molecular weight excluding hydrogens is 535 g/mol. The smallest absolute Gasteiger partial charge is 0.322 e. The average molecular weight is 556 g/mol. The van der Waals surface area contributed by atoms with Gasteiger partial charge < -0.3 is 10.6 Å². The molecule has 0 saturated heterocycles. The number of aliphatic imine (C=N–C) groups is 1. The number of benzodiazepines with no additional fused rings is 1. The summed E-state index contributed by atoms with van der Waals surface area (Å²) in [5.74, 6) is -1.41. The summed E-state index contributed by atoms with van der Waals surface area (Å²) in [5, 5.41) is 9.78. The number of hydrogen-bond donors (Lipinski definition) is 2. The van der Waals surface area contributed by atoms with Gasteiger partial charge in [-0.25, -0.2) is 14.5 Å². The van der Waals surface area contributed by atoms with Crippen LogP contribution in [0.5, 0.6) is 0 Å². The van der Waals surface area contributed by atoms with Crippen LogP contribution < -0.4 is 10.6 Å². The van der Waals surface area contributed by atoms with E-state index in [0.717, 1.165) is 11.6 Å². The lowest BCUT2D eigenvalue weighted by atomic mass is 10.0. The molecule has 1 aliphatic heterocycles. The zero-order valence-corrected chi connectivity index (χ0v) is 21.3. The average Bonchev–Trinajstić information content (AvgIpc) is 3.28. The lowest BCUT2D eigenvalue weighted by molar-refractivity contribution is -0.137. The van der Waals surface area contributed by atoms with Crippen molar-refractivity contribution >= 4 is 28.9 Å². The molecule has 41 heavy (non-hydrogen) atoms. The van der Waals surface area contributed by atoms with Crippen molar-refractivity contribution in [1.29, 1.82) is 0 Å². The molecule has 0 radical (unpaired) electrons. The number of pyridine rings is 1. The molecule has 0 fully saturated rings. The molecule has 5 aromatic rings. The second-order valence-corrected chi connectivity index (χ2v) is 9.27. The van der Waals surface area contributed by atoms with E-state index in [1.54, 1.807) is 31.2 Å². The van der Waals surface area contributed by atoms with E-state index in [4.69, 9.17) is 0 Å². The molecule has 3 aromatic heterocycles. The van der Waals surface area contributed by atoms with Gasteiger partial charge in [-0.3, -0.25) is 14.6 Å². The highest BCUT2D eigenvalue weighted by molar-refractivity contribution is 6.20. The van der Waals surface area contributed by atoms with Crippen LogP contribution in [0.4, 0.5) is 18.9 Å². The number of anilines is 1. The molecular formula is C29H20F3N7O2. The van der Waals surface area contributed by atoms with Crippen molar-refractivity contribution in [3.05, 3.63) is 113 Å². The third-order valence-electron chi connectivity index (χ3n) is 6.43. The number of alkyl halides is 3. The van der Waals surface area contributed by atoms with Crippen LogP contribution in [0.2, 0.25) is 0 Å². The molecule has 2 aromatic carbocycles. The van der Waals surface area contributed by atoms with Crippen molar-refractivity contribution < 1.29 is 22.8 Å². The van der Waals surface area contributed by atoms with Crippen LogP contribution in [0.15, 0.2) is 90.2 Å². The molecule has 0 saturated carbocycles. The number of nitrogens with one attached hydrogen (secondary N) is 2. The van der Waals surface area contributed by atoms with Crippen LogP contribution in [0.3, 0.4) is 0 Å². The van der Waals surface area contributed by atoms with Crippen LogP contribution in [-0.2, 0) is 11.0 Å².